The first-order valence-electron chi connectivity index (χ1n) is 26.6. The first-order chi connectivity index (χ1) is 38.8. The van der Waals surface area contributed by atoms with Crippen molar-refractivity contribution >= 4 is 59.2 Å². The summed E-state index contributed by atoms with van der Waals surface area (Å²) in [5, 5.41) is 88.6. The highest BCUT2D eigenvalue weighted by atomic mass is 16.4. The van der Waals surface area contributed by atoms with Gasteiger partial charge >= 0.3 is 5.97 Å². The Hall–Kier alpha value is -8.60. The number of likely N-dealkylation sites (tertiary alicyclic amines) is 1. The molecule has 0 unspecified atom stereocenters. The normalized spacial score (nSPS) is 16.6. The van der Waals surface area contributed by atoms with E-state index in [0.717, 1.165) is 11.8 Å². The molecular weight excluding hydrogens is 1070 g/mol. The number of carboxylic acid groups (broad SMARTS) is 1. The van der Waals surface area contributed by atoms with Crippen molar-refractivity contribution < 1.29 is 78.9 Å². The molecule has 28 heteroatoms. The van der Waals surface area contributed by atoms with E-state index in [0.29, 0.717) is 29.5 Å². The quantitative estimate of drug-likeness (QED) is 0.0166. The molecule has 1 aliphatic heterocycles. The zero-order valence-electron chi connectivity index (χ0n) is 45.7. The van der Waals surface area contributed by atoms with E-state index in [1.807, 2.05) is 6.92 Å². The summed E-state index contributed by atoms with van der Waals surface area (Å²) in [5.41, 5.74) is 17.9. The van der Waals surface area contributed by atoms with Crippen molar-refractivity contribution in [3.05, 3.63) is 89.5 Å². The third-order valence-electron chi connectivity index (χ3n) is 13.7. The lowest BCUT2D eigenvalue weighted by Crippen LogP contribution is -2.62. The van der Waals surface area contributed by atoms with Crippen molar-refractivity contribution in [3.8, 4) is 17.2 Å². The minimum Gasteiger partial charge on any atom is -0.508 e. The van der Waals surface area contributed by atoms with E-state index in [2.05, 4.69) is 42.2 Å². The van der Waals surface area contributed by atoms with Gasteiger partial charge in [0, 0.05) is 32.4 Å². The van der Waals surface area contributed by atoms with Crippen LogP contribution in [0.25, 0.3) is 0 Å². The zero-order chi connectivity index (χ0) is 60.8. The van der Waals surface area contributed by atoms with Gasteiger partial charge in [-0.1, -0.05) is 56.7 Å². The van der Waals surface area contributed by atoms with Crippen molar-refractivity contribution in [1.29, 1.82) is 0 Å². The van der Waals surface area contributed by atoms with Gasteiger partial charge in [0.15, 0.2) is 5.96 Å². The maximum Gasteiger partial charge on any atom is 0.326 e. The molecule has 28 nitrogen and oxygen atoms in total. The molecule has 1 aliphatic rings. The van der Waals surface area contributed by atoms with E-state index < -0.39 is 127 Å². The third kappa shape index (κ3) is 20.2. The Kier molecular flexibility index (Phi) is 25.7. The highest BCUT2D eigenvalue weighted by Crippen LogP contribution is 2.20. The lowest BCUT2D eigenvalue weighted by atomic mass is 9.99. The highest BCUT2D eigenvalue weighted by Gasteiger charge is 2.40. The Morgan fingerprint density at radius 2 is 1.01 bits per heavy atom. The molecule has 0 aromatic heterocycles. The number of phenolic OH excluding ortho intramolecular Hbond substituents is 3. The second-order valence-electron chi connectivity index (χ2n) is 20.0. The van der Waals surface area contributed by atoms with Crippen LogP contribution in [0.2, 0.25) is 0 Å². The number of aliphatic imine (C=N–C) groups is 1. The minimum absolute atomic E-state index is 0.0317. The molecule has 3 aromatic rings. The van der Waals surface area contributed by atoms with E-state index in [-0.39, 0.29) is 80.7 Å². The fourth-order valence-corrected chi connectivity index (χ4v) is 8.66. The molecule has 0 saturated carbocycles. The topological polar surface area (TPSA) is 473 Å². The molecule has 1 saturated heterocycles. The second kappa shape index (κ2) is 32.0. The van der Waals surface area contributed by atoms with E-state index in [9.17, 15) is 78.9 Å². The lowest BCUT2D eigenvalue weighted by molar-refractivity contribution is -0.143. The Morgan fingerprint density at radius 1 is 0.598 bits per heavy atom. The average molecular weight is 1150 g/mol. The number of aromatic hydroxyl groups is 3. The van der Waals surface area contributed by atoms with E-state index in [1.165, 1.54) is 72.8 Å². The number of carboxylic acids is 1. The number of phenols is 3. The van der Waals surface area contributed by atoms with Gasteiger partial charge in [-0.25, -0.2) is 4.79 Å². The number of amides is 8. The fraction of sp³-hybridized carbons (Fsp3) is 0.481. The molecule has 8 amide bonds. The van der Waals surface area contributed by atoms with Crippen LogP contribution in [0.3, 0.4) is 0 Å². The van der Waals surface area contributed by atoms with Crippen LogP contribution in [0, 0.1) is 5.92 Å². The van der Waals surface area contributed by atoms with Crippen molar-refractivity contribution in [2.45, 2.75) is 133 Å². The molecule has 0 bridgehead atoms. The van der Waals surface area contributed by atoms with Gasteiger partial charge in [0.2, 0.25) is 47.3 Å². The van der Waals surface area contributed by atoms with Gasteiger partial charge in [-0.05, 0) is 91.6 Å². The highest BCUT2D eigenvalue weighted by molar-refractivity contribution is 5.98. The number of rotatable bonds is 31. The van der Waals surface area contributed by atoms with Crippen LogP contribution in [0.4, 0.5) is 0 Å². The van der Waals surface area contributed by atoms with Crippen molar-refractivity contribution in [2.24, 2.45) is 28.1 Å². The second-order valence-corrected chi connectivity index (χ2v) is 20.0. The SMILES string of the molecule is CC[C@H](C)[C@H](N)C(=O)N[C@@H](CO)C(=O)N1CCC[C@H]1C(=O)N[C@@H](CO)C(=O)N[C@@H](Cc1ccc(O)cc1)C(=O)N[C@H](C(=O)N[C@@H](Cc1ccc(O)cc1)C(=O)N[C@@H](Cc1ccc(O)cc1)C(=O)N[C@@H](CCCN=C(N)N)C(=O)O)[C@@H](C)O. The number of nitrogens with one attached hydrogen (secondary N) is 7. The van der Waals surface area contributed by atoms with E-state index in [4.69, 9.17) is 17.2 Å². The smallest absolute Gasteiger partial charge is 0.326 e. The third-order valence-corrected chi connectivity index (χ3v) is 13.7. The molecule has 4 rings (SSSR count). The summed E-state index contributed by atoms with van der Waals surface area (Å²) in [5.74, 6) is -10.1. The maximum atomic E-state index is 14.4. The zero-order valence-corrected chi connectivity index (χ0v) is 45.7. The van der Waals surface area contributed by atoms with Crippen LogP contribution in [-0.2, 0) is 62.4 Å². The van der Waals surface area contributed by atoms with Gasteiger partial charge in [0.05, 0.1) is 25.4 Å². The molecule has 11 atom stereocenters. The van der Waals surface area contributed by atoms with Crippen molar-refractivity contribution in [2.75, 3.05) is 26.3 Å². The number of hydrogen-bond donors (Lipinski definition) is 17. The van der Waals surface area contributed by atoms with Crippen LogP contribution in [0.5, 0.6) is 17.2 Å². The lowest BCUT2D eigenvalue weighted by Gasteiger charge is -2.30. The molecule has 1 fully saturated rings. The Balaban J connectivity index is 1.59. The number of aliphatic hydroxyl groups excluding tert-OH is 3. The summed E-state index contributed by atoms with van der Waals surface area (Å²) in [6, 6.07) is 2.77. The number of aliphatic hydroxyl groups is 3. The molecule has 20 N–H and O–H groups in total. The summed E-state index contributed by atoms with van der Waals surface area (Å²) < 4.78 is 0. The minimum atomic E-state index is -1.90. The standard InChI is InChI=1S/C54H76N12O16/c1-4-28(2)43(55)50(78)64-41(27-68)52(80)66-22-6-8-42(66)49(77)63-40(26-67)48(76)61-39(25-32-13-19-35(72)20-14-32)47(75)65-44(29(3)69)51(79)62-38(24-31-11-17-34(71)18-12-31)46(74)60-37(23-30-9-15-33(70)16-10-30)45(73)59-36(53(81)82)7-5-21-58-54(56)57/h9-20,28-29,36-44,67-72H,4-8,21-27,55H2,1-3H3,(H,59,73)(H,60,74)(H,61,76)(H,62,79)(H,63,77)(H,64,78)(H,65,75)(H,81,82)(H4,56,57,58)/t28-,29+,36-,37-,38-,39-,40-,41-,42-,43-,44-/m0/s1. The Morgan fingerprint density at radius 3 is 1.43 bits per heavy atom. The van der Waals surface area contributed by atoms with Crippen LogP contribution in [-0.4, -0.2) is 187 Å². The van der Waals surface area contributed by atoms with Crippen molar-refractivity contribution in [1.82, 2.24) is 42.1 Å². The monoisotopic (exact) mass is 1150 g/mol. The van der Waals surface area contributed by atoms with Crippen LogP contribution >= 0.6 is 0 Å². The summed E-state index contributed by atoms with van der Waals surface area (Å²) in [6.07, 6.45) is -1.71. The number of nitrogens with two attached hydrogens (primary N) is 3. The summed E-state index contributed by atoms with van der Waals surface area (Å²) >= 11 is 0. The summed E-state index contributed by atoms with van der Waals surface area (Å²) in [4.78, 5) is 129. The van der Waals surface area contributed by atoms with Gasteiger partial charge < -0.3 is 95.1 Å². The molecular formula is C54H76N12O16. The van der Waals surface area contributed by atoms with Gasteiger partial charge in [0.1, 0.15) is 65.6 Å². The van der Waals surface area contributed by atoms with Gasteiger partial charge in [-0.15, -0.1) is 0 Å². The number of carbonyl (C=O) groups excluding carboxylic acids is 8. The van der Waals surface area contributed by atoms with Crippen LogP contribution < -0.4 is 54.4 Å². The van der Waals surface area contributed by atoms with Crippen LogP contribution in [0.15, 0.2) is 77.8 Å². The first kappa shape index (κ1) is 65.9. The maximum absolute atomic E-state index is 14.4. The first-order valence-corrected chi connectivity index (χ1v) is 26.6. The Labute approximate surface area is 472 Å². The average Bonchev–Trinajstić information content (AvgIpc) is 4.06. The molecule has 82 heavy (non-hydrogen) atoms. The van der Waals surface area contributed by atoms with E-state index >= 15 is 0 Å². The molecule has 1 heterocycles. The van der Waals surface area contributed by atoms with Gasteiger partial charge in [0.25, 0.3) is 0 Å². The van der Waals surface area contributed by atoms with Crippen LogP contribution in [0.1, 0.15) is 69.6 Å². The molecule has 0 radical (unpaired) electrons. The molecule has 0 spiro atoms. The number of hydrogen-bond acceptors (Lipinski definition) is 17. The molecule has 448 valence electrons. The molecule has 3 aromatic carbocycles. The summed E-state index contributed by atoms with van der Waals surface area (Å²) in [7, 11) is 0. The Bertz CT molecular complexity index is 2690. The number of aliphatic carboxylic acids is 1. The van der Waals surface area contributed by atoms with Gasteiger partial charge in [-0.2, -0.15) is 0 Å². The van der Waals surface area contributed by atoms with Crippen molar-refractivity contribution in [3.63, 3.8) is 0 Å². The number of benzene rings is 3. The fourth-order valence-electron chi connectivity index (χ4n) is 8.66. The largest absolute Gasteiger partial charge is 0.508 e. The van der Waals surface area contributed by atoms with Gasteiger partial charge in [-0.3, -0.25) is 43.3 Å². The van der Waals surface area contributed by atoms with E-state index in [1.54, 1.807) is 6.92 Å². The predicted octanol–water partition coefficient (Wildman–Crippen LogP) is -3.91. The summed E-state index contributed by atoms with van der Waals surface area (Å²) in [6.45, 7) is 2.91. The number of guanidine groups is 1. The number of nitrogens with zero attached hydrogens (tertiary/aromatic N) is 2. The molecule has 0 aliphatic carbocycles. The predicted molar refractivity (Wildman–Crippen MR) is 295 cm³/mol. The number of carbonyl (C=O) groups is 9.